The predicted molar refractivity (Wildman–Crippen MR) is 83.7 cm³/mol. The standard InChI is InChI=1S/C15H19N3O4/c1-9-6-14(17-11-5-3-2-4-10(9)11)18-16-7-12(20)15(22)13(21)8-19/h2-7,12-13,15,19-22H,8H2,1H3,(H,17,18)/b16-7+. The van der Waals surface area contributed by atoms with Gasteiger partial charge in [0.2, 0.25) is 0 Å². The maximum absolute atomic E-state index is 9.59. The molecule has 7 heteroatoms. The zero-order valence-electron chi connectivity index (χ0n) is 12.1. The van der Waals surface area contributed by atoms with Crippen LogP contribution >= 0.6 is 0 Å². The number of hydrogen-bond donors (Lipinski definition) is 5. The molecule has 5 N–H and O–H groups in total. The molecule has 0 amide bonds. The molecule has 7 nitrogen and oxygen atoms in total. The van der Waals surface area contributed by atoms with E-state index in [0.717, 1.165) is 22.7 Å². The van der Waals surface area contributed by atoms with Crippen molar-refractivity contribution >= 4 is 22.9 Å². The minimum Gasteiger partial charge on any atom is -0.394 e. The summed E-state index contributed by atoms with van der Waals surface area (Å²) in [6.45, 7) is 1.31. The highest BCUT2D eigenvalue weighted by Crippen LogP contribution is 2.19. The van der Waals surface area contributed by atoms with Gasteiger partial charge in [0.25, 0.3) is 0 Å². The van der Waals surface area contributed by atoms with Crippen molar-refractivity contribution < 1.29 is 20.4 Å². The van der Waals surface area contributed by atoms with Crippen LogP contribution in [0.4, 0.5) is 5.82 Å². The van der Waals surface area contributed by atoms with E-state index in [4.69, 9.17) is 5.11 Å². The number of aliphatic hydroxyl groups excluding tert-OH is 4. The molecule has 0 spiro atoms. The van der Waals surface area contributed by atoms with Crippen molar-refractivity contribution in [1.82, 2.24) is 4.98 Å². The lowest BCUT2D eigenvalue weighted by molar-refractivity contribution is -0.0541. The third-order valence-corrected chi connectivity index (χ3v) is 3.26. The van der Waals surface area contributed by atoms with E-state index in [9.17, 15) is 15.3 Å². The number of para-hydroxylation sites is 1. The third kappa shape index (κ3) is 3.77. The van der Waals surface area contributed by atoms with E-state index in [-0.39, 0.29) is 0 Å². The van der Waals surface area contributed by atoms with Crippen LogP contribution in [0.25, 0.3) is 10.9 Å². The molecular weight excluding hydrogens is 286 g/mol. The number of nitrogens with one attached hydrogen (secondary N) is 1. The largest absolute Gasteiger partial charge is 0.394 e. The van der Waals surface area contributed by atoms with Gasteiger partial charge in [-0.25, -0.2) is 4.98 Å². The highest BCUT2D eigenvalue weighted by atomic mass is 16.4. The maximum Gasteiger partial charge on any atom is 0.147 e. The van der Waals surface area contributed by atoms with Gasteiger partial charge in [0.1, 0.15) is 24.1 Å². The fraction of sp³-hybridized carbons (Fsp3) is 0.333. The van der Waals surface area contributed by atoms with Crippen molar-refractivity contribution in [3.8, 4) is 0 Å². The zero-order chi connectivity index (χ0) is 16.1. The number of benzene rings is 1. The van der Waals surface area contributed by atoms with Crippen molar-refractivity contribution in [2.45, 2.75) is 25.2 Å². The second-order valence-corrected chi connectivity index (χ2v) is 4.96. The van der Waals surface area contributed by atoms with Gasteiger partial charge in [0.15, 0.2) is 0 Å². The minimum atomic E-state index is -1.51. The molecule has 118 valence electrons. The molecule has 22 heavy (non-hydrogen) atoms. The average Bonchev–Trinajstić information content (AvgIpc) is 2.53. The predicted octanol–water partition coefficient (Wildman–Crippen LogP) is 0.0159. The normalized spacial score (nSPS) is 15.9. The summed E-state index contributed by atoms with van der Waals surface area (Å²) in [6, 6.07) is 9.49. The molecule has 3 atom stereocenters. The number of hydrazone groups is 1. The first-order valence-electron chi connectivity index (χ1n) is 6.83. The summed E-state index contributed by atoms with van der Waals surface area (Å²) in [5.74, 6) is 0.497. The topological polar surface area (TPSA) is 118 Å². The number of aryl methyl sites for hydroxylation is 1. The molecule has 0 saturated heterocycles. The Morgan fingerprint density at radius 2 is 2.00 bits per heavy atom. The first kappa shape index (κ1) is 16.3. The fourth-order valence-electron chi connectivity index (χ4n) is 2.01. The monoisotopic (exact) mass is 305 g/mol. The van der Waals surface area contributed by atoms with E-state index < -0.39 is 24.9 Å². The van der Waals surface area contributed by atoms with E-state index in [1.165, 1.54) is 0 Å². The van der Waals surface area contributed by atoms with Crippen LogP contribution in [0.15, 0.2) is 35.4 Å². The molecule has 2 rings (SSSR count). The molecule has 0 bridgehead atoms. The zero-order valence-corrected chi connectivity index (χ0v) is 12.1. The Hall–Kier alpha value is -2.06. The first-order chi connectivity index (χ1) is 10.5. The highest BCUT2D eigenvalue weighted by Gasteiger charge is 2.22. The Bertz CT molecular complexity index is 662. The van der Waals surface area contributed by atoms with Gasteiger partial charge in [-0.05, 0) is 24.6 Å². The number of nitrogens with zero attached hydrogens (tertiary/aromatic N) is 2. The van der Waals surface area contributed by atoms with E-state index in [1.807, 2.05) is 37.3 Å². The Morgan fingerprint density at radius 1 is 1.27 bits per heavy atom. The second kappa shape index (κ2) is 7.28. The summed E-state index contributed by atoms with van der Waals surface area (Å²) in [4.78, 5) is 4.37. The second-order valence-electron chi connectivity index (χ2n) is 4.96. The Kier molecular flexibility index (Phi) is 5.40. The Morgan fingerprint density at radius 3 is 2.73 bits per heavy atom. The van der Waals surface area contributed by atoms with Gasteiger partial charge in [0, 0.05) is 5.39 Å². The SMILES string of the molecule is Cc1cc(N/N=C/C(O)C(O)C(O)CO)nc2ccccc12. The Labute approximate surface area is 127 Å². The number of hydrogen-bond acceptors (Lipinski definition) is 7. The molecule has 0 saturated carbocycles. The van der Waals surface area contributed by atoms with Gasteiger partial charge in [-0.15, -0.1) is 0 Å². The number of fused-ring (bicyclic) bond motifs is 1. The van der Waals surface area contributed by atoms with Crippen LogP contribution in [0.3, 0.4) is 0 Å². The van der Waals surface area contributed by atoms with Gasteiger partial charge in [-0.1, -0.05) is 18.2 Å². The van der Waals surface area contributed by atoms with E-state index in [1.54, 1.807) is 0 Å². The van der Waals surface area contributed by atoms with E-state index >= 15 is 0 Å². The summed E-state index contributed by atoms with van der Waals surface area (Å²) in [7, 11) is 0. The molecule has 0 radical (unpaired) electrons. The molecule has 1 aromatic carbocycles. The number of rotatable bonds is 6. The van der Waals surface area contributed by atoms with Crippen molar-refractivity contribution in [1.29, 1.82) is 0 Å². The molecule has 0 aliphatic rings. The Balaban J connectivity index is 2.07. The van der Waals surface area contributed by atoms with Crippen LogP contribution < -0.4 is 5.43 Å². The van der Waals surface area contributed by atoms with Crippen molar-refractivity contribution in [2.24, 2.45) is 5.10 Å². The lowest BCUT2D eigenvalue weighted by atomic mass is 10.1. The highest BCUT2D eigenvalue weighted by molar-refractivity contribution is 5.83. The van der Waals surface area contributed by atoms with E-state index in [0.29, 0.717) is 5.82 Å². The summed E-state index contributed by atoms with van der Waals surface area (Å²) in [5.41, 5.74) is 4.51. The summed E-state index contributed by atoms with van der Waals surface area (Å²) < 4.78 is 0. The quantitative estimate of drug-likeness (QED) is 0.379. The number of aromatic nitrogens is 1. The van der Waals surface area contributed by atoms with E-state index in [2.05, 4.69) is 15.5 Å². The van der Waals surface area contributed by atoms with Crippen LogP contribution in [0, 0.1) is 6.92 Å². The molecule has 0 fully saturated rings. The van der Waals surface area contributed by atoms with Crippen LogP contribution in [0.1, 0.15) is 5.56 Å². The fourth-order valence-corrected chi connectivity index (χ4v) is 2.01. The molecule has 3 unspecified atom stereocenters. The third-order valence-electron chi connectivity index (χ3n) is 3.26. The summed E-state index contributed by atoms with van der Waals surface area (Å²) in [6.07, 6.45) is -3.31. The number of anilines is 1. The van der Waals surface area contributed by atoms with Crippen molar-refractivity contribution in [2.75, 3.05) is 12.0 Å². The van der Waals surface area contributed by atoms with Crippen LogP contribution in [0.2, 0.25) is 0 Å². The minimum absolute atomic E-state index is 0.497. The smallest absolute Gasteiger partial charge is 0.147 e. The van der Waals surface area contributed by atoms with Crippen molar-refractivity contribution in [3.05, 3.63) is 35.9 Å². The molecule has 1 heterocycles. The van der Waals surface area contributed by atoms with Crippen LogP contribution in [-0.4, -0.2) is 56.5 Å². The average molecular weight is 305 g/mol. The molecule has 0 aliphatic carbocycles. The van der Waals surface area contributed by atoms with Crippen molar-refractivity contribution in [3.63, 3.8) is 0 Å². The van der Waals surface area contributed by atoms with Gasteiger partial charge >= 0.3 is 0 Å². The molecule has 0 aliphatic heterocycles. The maximum atomic E-state index is 9.59. The molecule has 2 aromatic rings. The summed E-state index contributed by atoms with van der Waals surface area (Å²) in [5, 5.41) is 41.8. The van der Waals surface area contributed by atoms with Gasteiger partial charge in [-0.3, -0.25) is 5.43 Å². The van der Waals surface area contributed by atoms with Gasteiger partial charge in [0.05, 0.1) is 18.3 Å². The summed E-state index contributed by atoms with van der Waals surface area (Å²) >= 11 is 0. The molecular formula is C15H19N3O4. The lowest BCUT2D eigenvalue weighted by Gasteiger charge is -2.18. The van der Waals surface area contributed by atoms with Crippen LogP contribution in [0.5, 0.6) is 0 Å². The first-order valence-corrected chi connectivity index (χ1v) is 6.83. The van der Waals surface area contributed by atoms with Gasteiger partial charge in [-0.2, -0.15) is 5.10 Å². The number of pyridine rings is 1. The lowest BCUT2D eigenvalue weighted by Crippen LogP contribution is -2.40. The molecule has 1 aromatic heterocycles. The van der Waals surface area contributed by atoms with Crippen LogP contribution in [-0.2, 0) is 0 Å². The number of aliphatic hydroxyl groups is 4. The van der Waals surface area contributed by atoms with Gasteiger partial charge < -0.3 is 20.4 Å².